The maximum absolute atomic E-state index is 2.52. The molecule has 5 aromatic rings. The van der Waals surface area contributed by atoms with Gasteiger partial charge >= 0.3 is 0 Å². The molecule has 5 aromatic carbocycles. The Hall–Kier alpha value is -3.99. The van der Waals surface area contributed by atoms with Crippen LogP contribution in [0.25, 0.3) is 42.3 Å². The molecule has 0 amide bonds. The van der Waals surface area contributed by atoms with Crippen LogP contribution in [-0.4, -0.2) is 16.1 Å². The van der Waals surface area contributed by atoms with Gasteiger partial charge in [-0.15, -0.1) is 0 Å². The van der Waals surface area contributed by atoms with Crippen molar-refractivity contribution in [2.75, 3.05) is 0 Å². The third-order valence-corrected chi connectivity index (χ3v) is 16.3. The summed E-state index contributed by atoms with van der Waals surface area (Å²) in [5.74, 6) is 0. The highest BCUT2D eigenvalue weighted by molar-refractivity contribution is 7.10. The van der Waals surface area contributed by atoms with Crippen molar-refractivity contribution < 1.29 is 0 Å². The summed E-state index contributed by atoms with van der Waals surface area (Å²) < 4.78 is 0. The van der Waals surface area contributed by atoms with Crippen molar-refractivity contribution in [2.24, 2.45) is 0 Å². The molecule has 40 heavy (non-hydrogen) atoms. The number of hydrogen-bond acceptors (Lipinski definition) is 0. The zero-order valence-electron chi connectivity index (χ0n) is 23.7. The Bertz CT molecular complexity index is 1720. The van der Waals surface area contributed by atoms with Crippen molar-refractivity contribution in [2.45, 2.75) is 26.2 Å². The molecule has 0 nitrogen and oxygen atoms in total. The molecule has 0 N–H and O–H groups in total. The molecule has 194 valence electrons. The number of benzene rings is 5. The van der Waals surface area contributed by atoms with Gasteiger partial charge in [0.25, 0.3) is 0 Å². The maximum Gasteiger partial charge on any atom is 0.113 e. The molecule has 0 saturated heterocycles. The zero-order chi connectivity index (χ0) is 27.5. The van der Waals surface area contributed by atoms with Gasteiger partial charge in [-0.3, -0.25) is 0 Å². The Labute approximate surface area is 239 Å². The fourth-order valence-electron chi connectivity index (χ4n) is 7.11. The van der Waals surface area contributed by atoms with Gasteiger partial charge in [0.2, 0.25) is 0 Å². The predicted molar refractivity (Wildman–Crippen MR) is 181 cm³/mol. The van der Waals surface area contributed by atoms with Crippen LogP contribution in [-0.2, 0) is 0 Å². The normalized spacial score (nSPS) is 17.5. The van der Waals surface area contributed by atoms with Gasteiger partial charge in [-0.05, 0) is 64.6 Å². The minimum atomic E-state index is -1.94. The maximum atomic E-state index is 2.52. The first-order valence-electron chi connectivity index (χ1n) is 14.3. The monoisotopic (exact) mass is 546 g/mol. The molecule has 0 spiro atoms. The second kappa shape index (κ2) is 9.30. The molecule has 7 rings (SSSR count). The SMILES string of the molecule is C[Si]1(C)C(c2ccccc2)=CC=C1c1c2ccccc2c(C2=CC=C(c3ccccc3)[Si]2(C)C)c2ccccc12. The van der Waals surface area contributed by atoms with Crippen molar-refractivity contribution in [3.8, 4) is 0 Å². The van der Waals surface area contributed by atoms with E-state index in [1.165, 1.54) is 64.6 Å². The smallest absolute Gasteiger partial charge is 0.0622 e. The largest absolute Gasteiger partial charge is 0.113 e. The van der Waals surface area contributed by atoms with E-state index in [2.05, 4.69) is 160 Å². The number of allylic oxidation sites excluding steroid dienone is 4. The predicted octanol–water partition coefficient (Wildman–Crippen LogP) is 10.5. The standard InChI is InChI=1S/C38H34Si2/c1-39(2)33(27-15-7-5-8-16-27)23-25-35(39)37-29-19-11-13-21-31(29)38(32-22-14-12-20-30(32)37)36-26-24-34(40(36,3)4)28-17-9-6-10-18-28/h5-26H,1-4H3. The van der Waals surface area contributed by atoms with Gasteiger partial charge in [0.15, 0.2) is 0 Å². The average molecular weight is 547 g/mol. The van der Waals surface area contributed by atoms with E-state index in [4.69, 9.17) is 0 Å². The molecule has 0 unspecified atom stereocenters. The minimum absolute atomic E-state index is 1.36. The van der Waals surface area contributed by atoms with E-state index in [0.29, 0.717) is 0 Å². The molecule has 0 bridgehead atoms. The van der Waals surface area contributed by atoms with Gasteiger partial charge in [-0.25, -0.2) is 0 Å². The molecule has 0 aromatic heterocycles. The lowest BCUT2D eigenvalue weighted by Crippen LogP contribution is -2.29. The highest BCUT2D eigenvalue weighted by Gasteiger charge is 2.39. The lowest BCUT2D eigenvalue weighted by Gasteiger charge is -2.30. The van der Waals surface area contributed by atoms with Gasteiger partial charge in [0.1, 0.15) is 16.1 Å². The summed E-state index contributed by atoms with van der Waals surface area (Å²) in [7, 11) is -3.88. The third kappa shape index (κ3) is 3.71. The molecule has 0 atom stereocenters. The summed E-state index contributed by atoms with van der Waals surface area (Å²) in [5.41, 5.74) is 5.59. The van der Waals surface area contributed by atoms with Crippen LogP contribution in [0.3, 0.4) is 0 Å². The molecule has 0 fully saturated rings. The number of hydrogen-bond donors (Lipinski definition) is 0. The van der Waals surface area contributed by atoms with Crippen molar-refractivity contribution >= 4 is 58.5 Å². The van der Waals surface area contributed by atoms with E-state index in [9.17, 15) is 0 Å². The summed E-state index contributed by atoms with van der Waals surface area (Å²) in [6.07, 6.45) is 9.68. The van der Waals surface area contributed by atoms with E-state index >= 15 is 0 Å². The average Bonchev–Trinajstić information content (AvgIpc) is 3.46. The molecule has 0 aliphatic carbocycles. The Balaban J connectivity index is 1.45. The van der Waals surface area contributed by atoms with Crippen LogP contribution in [0.5, 0.6) is 0 Å². The van der Waals surface area contributed by atoms with Crippen LogP contribution in [0.2, 0.25) is 26.2 Å². The van der Waals surface area contributed by atoms with Crippen molar-refractivity contribution in [3.05, 3.63) is 156 Å². The van der Waals surface area contributed by atoms with Gasteiger partial charge in [-0.1, -0.05) is 160 Å². The van der Waals surface area contributed by atoms with Gasteiger partial charge in [0, 0.05) is 0 Å². The van der Waals surface area contributed by atoms with Gasteiger partial charge in [0.05, 0.1) is 0 Å². The Morgan fingerprint density at radius 3 is 0.925 bits per heavy atom. The Morgan fingerprint density at radius 2 is 0.600 bits per heavy atom. The highest BCUT2D eigenvalue weighted by atomic mass is 28.3. The van der Waals surface area contributed by atoms with E-state index < -0.39 is 16.1 Å². The van der Waals surface area contributed by atoms with Crippen molar-refractivity contribution in [1.29, 1.82) is 0 Å². The fraction of sp³-hybridized carbons (Fsp3) is 0.105. The highest BCUT2D eigenvalue weighted by Crippen LogP contribution is 2.50. The molecule has 2 heteroatoms. The number of fused-ring (bicyclic) bond motifs is 2. The summed E-state index contributed by atoms with van der Waals surface area (Å²) in [6.45, 7) is 10.1. The molecule has 0 saturated carbocycles. The molecular formula is C38H34Si2. The van der Waals surface area contributed by atoms with Gasteiger partial charge < -0.3 is 0 Å². The second-order valence-corrected chi connectivity index (χ2v) is 20.8. The molecule has 2 aliphatic rings. The third-order valence-electron chi connectivity index (χ3n) is 9.17. The van der Waals surface area contributed by atoms with Crippen LogP contribution >= 0.6 is 0 Å². The van der Waals surface area contributed by atoms with Crippen LogP contribution in [0.1, 0.15) is 22.3 Å². The first-order chi connectivity index (χ1) is 19.4. The zero-order valence-corrected chi connectivity index (χ0v) is 25.7. The van der Waals surface area contributed by atoms with Crippen molar-refractivity contribution in [3.63, 3.8) is 0 Å². The van der Waals surface area contributed by atoms with Crippen molar-refractivity contribution in [1.82, 2.24) is 0 Å². The molecule has 0 radical (unpaired) electrons. The van der Waals surface area contributed by atoms with Crippen LogP contribution in [0, 0.1) is 0 Å². The summed E-state index contributed by atoms with van der Waals surface area (Å²) in [6, 6.07) is 40.3. The van der Waals surface area contributed by atoms with E-state index in [0.717, 1.165) is 0 Å². The quantitative estimate of drug-likeness (QED) is 0.155. The molecular weight excluding hydrogens is 513 g/mol. The summed E-state index contributed by atoms with van der Waals surface area (Å²) >= 11 is 0. The minimum Gasteiger partial charge on any atom is -0.0622 e. The lowest BCUT2D eigenvalue weighted by atomic mass is 9.91. The van der Waals surface area contributed by atoms with Gasteiger partial charge in [-0.2, -0.15) is 0 Å². The van der Waals surface area contributed by atoms with Crippen LogP contribution < -0.4 is 0 Å². The summed E-state index contributed by atoms with van der Waals surface area (Å²) in [5, 5.41) is 11.6. The van der Waals surface area contributed by atoms with E-state index in [1.807, 2.05) is 0 Å². The first-order valence-corrected chi connectivity index (χ1v) is 20.3. The fourth-order valence-corrected chi connectivity index (χ4v) is 13.3. The van der Waals surface area contributed by atoms with E-state index in [-0.39, 0.29) is 0 Å². The van der Waals surface area contributed by atoms with Crippen LogP contribution in [0.4, 0.5) is 0 Å². The summed E-state index contributed by atoms with van der Waals surface area (Å²) in [4.78, 5) is 0. The van der Waals surface area contributed by atoms with E-state index in [1.54, 1.807) is 0 Å². The Morgan fingerprint density at radius 1 is 0.325 bits per heavy atom. The topological polar surface area (TPSA) is 0 Å². The molecule has 2 heterocycles. The Kier molecular flexibility index (Phi) is 5.81. The first kappa shape index (κ1) is 25.0. The lowest BCUT2D eigenvalue weighted by molar-refractivity contribution is 1.63. The second-order valence-electron chi connectivity index (χ2n) is 12.1. The number of rotatable bonds is 4. The van der Waals surface area contributed by atoms with Crippen LogP contribution in [0.15, 0.2) is 133 Å². The molecule has 2 aliphatic heterocycles.